The Morgan fingerprint density at radius 1 is 1.38 bits per heavy atom. The average molecular weight is 459 g/mol. The van der Waals surface area contributed by atoms with Crippen LogP contribution >= 0.6 is 38.9 Å². The molecule has 3 aromatic rings. The number of hydrogen-bond acceptors (Lipinski definition) is 5. The summed E-state index contributed by atoms with van der Waals surface area (Å²) >= 11 is 11.3. The van der Waals surface area contributed by atoms with Gasteiger partial charge in [0.05, 0.1) is 20.4 Å². The van der Waals surface area contributed by atoms with Crippen molar-refractivity contribution in [3.63, 3.8) is 0 Å². The highest BCUT2D eigenvalue weighted by molar-refractivity contribution is 9.10. The SMILES string of the molecule is N[C@@H](CCO)Cc1sc2c(NCc3ccccc3F)cc(Cl)nc2c1Br. The Labute approximate surface area is 168 Å². The molecule has 0 aliphatic carbocycles. The number of aromatic nitrogens is 1. The van der Waals surface area contributed by atoms with Crippen LogP contribution in [0.2, 0.25) is 5.15 Å². The van der Waals surface area contributed by atoms with Gasteiger partial charge in [0.1, 0.15) is 11.0 Å². The number of thiophene rings is 1. The number of nitrogens with zero attached hydrogens (tertiary/aromatic N) is 1. The standard InChI is InChI=1S/C18H18BrClFN3OS/c19-16-14(7-11(22)5-6-25)26-18-13(8-15(20)24-17(16)18)23-9-10-3-1-2-4-12(10)21/h1-4,8,11,25H,5-7,9,22H2,(H,23,24)/t11-/m0/s1. The number of aliphatic hydroxyl groups is 1. The first-order chi connectivity index (χ1) is 12.5. The highest BCUT2D eigenvalue weighted by Crippen LogP contribution is 2.40. The fourth-order valence-corrected chi connectivity index (χ4v) is 4.89. The molecule has 1 aromatic carbocycles. The van der Waals surface area contributed by atoms with E-state index in [0.717, 1.165) is 25.3 Å². The van der Waals surface area contributed by atoms with E-state index >= 15 is 0 Å². The van der Waals surface area contributed by atoms with Crippen LogP contribution in [-0.2, 0) is 13.0 Å². The van der Waals surface area contributed by atoms with Crippen molar-refractivity contribution in [2.24, 2.45) is 5.73 Å². The summed E-state index contributed by atoms with van der Waals surface area (Å²) in [7, 11) is 0. The van der Waals surface area contributed by atoms with Crippen molar-refractivity contribution < 1.29 is 9.50 Å². The van der Waals surface area contributed by atoms with Crippen molar-refractivity contribution in [3.05, 3.63) is 56.2 Å². The molecule has 0 unspecified atom stereocenters. The summed E-state index contributed by atoms with van der Waals surface area (Å²) in [5, 5.41) is 12.7. The number of aliphatic hydroxyl groups excluding tert-OH is 1. The van der Waals surface area contributed by atoms with Gasteiger partial charge in [0.15, 0.2) is 0 Å². The van der Waals surface area contributed by atoms with Crippen molar-refractivity contribution >= 4 is 54.8 Å². The Morgan fingerprint density at radius 2 is 2.15 bits per heavy atom. The molecule has 26 heavy (non-hydrogen) atoms. The molecule has 4 N–H and O–H groups in total. The van der Waals surface area contributed by atoms with Crippen molar-refractivity contribution in [2.45, 2.75) is 25.4 Å². The van der Waals surface area contributed by atoms with Crippen molar-refractivity contribution in [2.75, 3.05) is 11.9 Å². The molecule has 8 heteroatoms. The van der Waals surface area contributed by atoms with Gasteiger partial charge >= 0.3 is 0 Å². The van der Waals surface area contributed by atoms with Crippen LogP contribution in [0, 0.1) is 5.82 Å². The van der Waals surface area contributed by atoms with Crippen LogP contribution in [0.1, 0.15) is 16.9 Å². The lowest BCUT2D eigenvalue weighted by atomic mass is 10.1. The third-order valence-electron chi connectivity index (χ3n) is 3.99. The van der Waals surface area contributed by atoms with Gasteiger partial charge in [-0.2, -0.15) is 0 Å². The Bertz CT molecular complexity index is 921. The van der Waals surface area contributed by atoms with Crippen LogP contribution in [0.25, 0.3) is 10.2 Å². The zero-order chi connectivity index (χ0) is 18.7. The molecular weight excluding hydrogens is 441 g/mol. The van der Waals surface area contributed by atoms with Gasteiger partial charge in [-0.05, 0) is 34.8 Å². The second-order valence-corrected chi connectivity index (χ2v) is 8.22. The van der Waals surface area contributed by atoms with Crippen LogP contribution in [0.3, 0.4) is 0 Å². The van der Waals surface area contributed by atoms with Crippen molar-refractivity contribution in [1.82, 2.24) is 4.98 Å². The summed E-state index contributed by atoms with van der Waals surface area (Å²) in [5.41, 5.74) is 8.18. The Kier molecular flexibility index (Phi) is 6.47. The highest BCUT2D eigenvalue weighted by Gasteiger charge is 2.17. The maximum absolute atomic E-state index is 13.9. The summed E-state index contributed by atoms with van der Waals surface area (Å²) in [6.45, 7) is 0.403. The van der Waals surface area contributed by atoms with E-state index in [4.69, 9.17) is 22.4 Å². The van der Waals surface area contributed by atoms with Crippen molar-refractivity contribution in [1.29, 1.82) is 0 Å². The Balaban J connectivity index is 1.91. The number of nitrogens with two attached hydrogens (primary N) is 1. The number of rotatable bonds is 7. The predicted octanol–water partition coefficient (Wildman–Crippen LogP) is 4.72. The van der Waals surface area contributed by atoms with Crippen LogP contribution in [0.15, 0.2) is 34.8 Å². The average Bonchev–Trinajstić information content (AvgIpc) is 2.90. The molecule has 0 saturated heterocycles. The number of halogens is 3. The first kappa shape index (κ1) is 19.5. The molecule has 0 aliphatic rings. The van der Waals surface area contributed by atoms with Gasteiger partial charge in [-0.3, -0.25) is 0 Å². The normalized spacial score (nSPS) is 12.5. The third-order valence-corrected chi connectivity index (χ3v) is 6.54. The molecule has 0 aliphatic heterocycles. The molecular formula is C18H18BrClFN3OS. The lowest BCUT2D eigenvalue weighted by Gasteiger charge is -2.09. The van der Waals surface area contributed by atoms with Gasteiger partial charge in [-0.1, -0.05) is 29.8 Å². The number of pyridine rings is 1. The fraction of sp³-hybridized carbons (Fsp3) is 0.278. The second kappa shape index (κ2) is 8.63. The number of hydrogen-bond donors (Lipinski definition) is 3. The zero-order valence-electron chi connectivity index (χ0n) is 13.8. The molecule has 138 valence electrons. The molecule has 0 spiro atoms. The van der Waals surface area contributed by atoms with Gasteiger partial charge in [-0.15, -0.1) is 11.3 Å². The molecule has 4 nitrogen and oxygen atoms in total. The van der Waals surface area contributed by atoms with Crippen molar-refractivity contribution in [3.8, 4) is 0 Å². The fourth-order valence-electron chi connectivity index (χ4n) is 2.66. The van der Waals surface area contributed by atoms with E-state index in [2.05, 4.69) is 26.2 Å². The molecule has 0 bridgehead atoms. The van der Waals surface area contributed by atoms with E-state index in [1.807, 2.05) is 0 Å². The molecule has 1 atom stereocenters. The molecule has 3 rings (SSSR count). The topological polar surface area (TPSA) is 71.2 Å². The predicted molar refractivity (Wildman–Crippen MR) is 109 cm³/mol. The van der Waals surface area contributed by atoms with Crippen LogP contribution in [0.4, 0.5) is 10.1 Å². The van der Waals surface area contributed by atoms with Gasteiger partial charge in [0, 0.05) is 35.7 Å². The molecule has 0 fully saturated rings. The first-order valence-corrected chi connectivity index (χ1v) is 10.1. The largest absolute Gasteiger partial charge is 0.396 e. The van der Waals surface area contributed by atoms with Crippen LogP contribution in [-0.4, -0.2) is 22.7 Å². The third kappa shape index (κ3) is 4.35. The van der Waals surface area contributed by atoms with E-state index in [-0.39, 0.29) is 18.5 Å². The molecule has 2 heterocycles. The Morgan fingerprint density at radius 3 is 2.88 bits per heavy atom. The van der Waals surface area contributed by atoms with Crippen LogP contribution in [0.5, 0.6) is 0 Å². The monoisotopic (exact) mass is 457 g/mol. The van der Waals surface area contributed by atoms with E-state index < -0.39 is 0 Å². The van der Waals surface area contributed by atoms with E-state index in [1.54, 1.807) is 35.6 Å². The Hall–Kier alpha value is -1.25. The number of fused-ring (bicyclic) bond motifs is 1. The van der Waals surface area contributed by atoms with Gasteiger partial charge in [-0.25, -0.2) is 9.37 Å². The molecule has 2 aromatic heterocycles. The minimum atomic E-state index is -0.251. The van der Waals surface area contributed by atoms with E-state index in [0.29, 0.717) is 30.1 Å². The van der Waals surface area contributed by atoms with E-state index in [9.17, 15) is 4.39 Å². The molecule has 0 saturated carbocycles. The molecule has 0 amide bonds. The summed E-state index contributed by atoms with van der Waals surface area (Å²) < 4.78 is 15.6. The highest BCUT2D eigenvalue weighted by atomic mass is 79.9. The first-order valence-electron chi connectivity index (χ1n) is 8.10. The summed E-state index contributed by atoms with van der Waals surface area (Å²) in [5.74, 6) is -0.251. The second-order valence-electron chi connectivity index (χ2n) is 5.93. The quantitative estimate of drug-likeness (QED) is 0.448. The van der Waals surface area contributed by atoms with E-state index in [1.165, 1.54) is 6.07 Å². The lowest BCUT2D eigenvalue weighted by Crippen LogP contribution is -2.23. The van der Waals surface area contributed by atoms with Crippen LogP contribution < -0.4 is 11.1 Å². The smallest absolute Gasteiger partial charge is 0.131 e. The zero-order valence-corrected chi connectivity index (χ0v) is 17.0. The number of anilines is 1. The van der Waals surface area contributed by atoms with Gasteiger partial charge in [0.25, 0.3) is 0 Å². The summed E-state index contributed by atoms with van der Waals surface area (Å²) in [6.07, 6.45) is 1.17. The minimum absolute atomic E-state index is 0.0587. The lowest BCUT2D eigenvalue weighted by molar-refractivity contribution is 0.275. The minimum Gasteiger partial charge on any atom is -0.396 e. The van der Waals surface area contributed by atoms with Gasteiger partial charge in [0.2, 0.25) is 0 Å². The number of benzene rings is 1. The maximum Gasteiger partial charge on any atom is 0.131 e. The maximum atomic E-state index is 13.9. The van der Waals surface area contributed by atoms with Gasteiger partial charge < -0.3 is 16.2 Å². The molecule has 0 radical (unpaired) electrons. The number of nitrogens with one attached hydrogen (secondary N) is 1. The summed E-state index contributed by atoms with van der Waals surface area (Å²) in [6, 6.07) is 8.26. The summed E-state index contributed by atoms with van der Waals surface area (Å²) in [4.78, 5) is 5.45.